The molecule has 0 saturated carbocycles. The predicted molar refractivity (Wildman–Crippen MR) is 75.0 cm³/mol. The Balaban J connectivity index is 2.20. The molecule has 0 N–H and O–H groups in total. The molecule has 0 atom stereocenters. The number of nitrogens with zero attached hydrogens (tertiary/aromatic N) is 6. The highest BCUT2D eigenvalue weighted by Crippen LogP contribution is 2.17. The van der Waals surface area contributed by atoms with Crippen LogP contribution in [0.1, 0.15) is 17.3 Å². The van der Waals surface area contributed by atoms with Crippen molar-refractivity contribution in [1.82, 2.24) is 9.55 Å². The van der Waals surface area contributed by atoms with Gasteiger partial charge in [-0.05, 0) is 12.1 Å². The molecule has 1 aliphatic rings. The van der Waals surface area contributed by atoms with Crippen molar-refractivity contribution in [3.63, 3.8) is 0 Å². The molecule has 7 heteroatoms. The highest BCUT2D eigenvalue weighted by Gasteiger charge is 2.18. The summed E-state index contributed by atoms with van der Waals surface area (Å²) in [6.45, 7) is 1.71. The average Bonchev–Trinajstić information content (AvgIpc) is 2.87. The number of rotatable bonds is 2. The highest BCUT2D eigenvalue weighted by atomic mass is 16.1. The van der Waals surface area contributed by atoms with Crippen LogP contribution in [0.25, 0.3) is 11.1 Å². The van der Waals surface area contributed by atoms with Crippen molar-refractivity contribution in [2.75, 3.05) is 0 Å². The van der Waals surface area contributed by atoms with Crippen LogP contribution in [-0.2, 0) is 0 Å². The summed E-state index contributed by atoms with van der Waals surface area (Å²) in [6, 6.07) is 8.79. The lowest BCUT2D eigenvalue weighted by Gasteiger charge is -2.05. The Bertz CT molecular complexity index is 916. The van der Waals surface area contributed by atoms with Gasteiger partial charge in [-0.2, -0.15) is 0 Å². The summed E-state index contributed by atoms with van der Waals surface area (Å²) in [5, 5.41) is 20.5. The molecule has 0 saturated heterocycles. The number of Topliss-reactive ketones (excluding diaryl/α,β-unsaturated/α-hetero) is 1. The molecule has 21 heavy (non-hydrogen) atoms. The van der Waals surface area contributed by atoms with Crippen molar-refractivity contribution < 1.29 is 4.79 Å². The van der Waals surface area contributed by atoms with Crippen LogP contribution in [0.3, 0.4) is 0 Å². The molecule has 1 aliphatic heterocycles. The van der Waals surface area contributed by atoms with Crippen molar-refractivity contribution in [2.45, 2.75) is 6.92 Å². The molecule has 0 amide bonds. The van der Waals surface area contributed by atoms with Crippen LogP contribution in [0.15, 0.2) is 57.8 Å². The second-order valence-corrected chi connectivity index (χ2v) is 4.32. The molecule has 0 fully saturated rings. The molecule has 3 rings (SSSR count). The number of carbonyl (C=O) groups is 1. The van der Waals surface area contributed by atoms with Gasteiger partial charge in [0.2, 0.25) is 5.78 Å². The van der Waals surface area contributed by atoms with Crippen molar-refractivity contribution >= 4 is 17.4 Å². The van der Waals surface area contributed by atoms with E-state index in [0.29, 0.717) is 11.3 Å². The van der Waals surface area contributed by atoms with Gasteiger partial charge in [-0.1, -0.05) is 30.3 Å². The first kappa shape index (κ1) is 12.8. The molecule has 0 aliphatic carbocycles. The normalized spacial score (nSPS) is 13.2. The maximum atomic E-state index is 12.5. The Labute approximate surface area is 119 Å². The monoisotopic (exact) mass is 277 g/mol. The first-order valence-corrected chi connectivity index (χ1v) is 6.12. The van der Waals surface area contributed by atoms with Crippen LogP contribution in [0.4, 0.5) is 0 Å². The molecule has 0 radical (unpaired) electrons. The van der Waals surface area contributed by atoms with Gasteiger partial charge in [-0.15, -0.1) is 10.2 Å². The Morgan fingerprint density at radius 1 is 1.29 bits per heavy atom. The van der Waals surface area contributed by atoms with Gasteiger partial charge in [0.15, 0.2) is 11.2 Å². The average molecular weight is 277 g/mol. The standard InChI is InChI=1S/C14H9N6O/c1-9-12(13(21)10-5-3-2-4-6-10)17-19-18-14-11(7-15)16-8-20(9)14/h2-6,8H,1H3/q-1. The first-order chi connectivity index (χ1) is 10.2. The third kappa shape index (κ3) is 2.11. The quantitative estimate of drug-likeness (QED) is 0.601. The van der Waals surface area contributed by atoms with Gasteiger partial charge in [0.1, 0.15) is 11.7 Å². The number of hydrogen-bond acceptors (Lipinski definition) is 5. The minimum absolute atomic E-state index is 0.140. The van der Waals surface area contributed by atoms with Crippen LogP contribution >= 0.6 is 0 Å². The summed E-state index contributed by atoms with van der Waals surface area (Å²) in [4.78, 5) is 16.4. The molecule has 2 aromatic rings. The largest absolute Gasteiger partial charge is 0.761 e. The molecule has 1 aromatic heterocycles. The van der Waals surface area contributed by atoms with Gasteiger partial charge in [0.05, 0.1) is 5.70 Å². The molecule has 2 heterocycles. The van der Waals surface area contributed by atoms with Crippen molar-refractivity contribution in [1.29, 1.82) is 0 Å². The van der Waals surface area contributed by atoms with Crippen molar-refractivity contribution in [3.8, 4) is 0 Å². The number of imidazole rings is 1. The zero-order chi connectivity index (χ0) is 14.8. The van der Waals surface area contributed by atoms with E-state index in [-0.39, 0.29) is 22.3 Å². The minimum atomic E-state index is -0.257. The molecular weight excluding hydrogens is 268 g/mol. The number of benzene rings is 1. The van der Waals surface area contributed by atoms with E-state index in [2.05, 4.69) is 20.4 Å². The van der Waals surface area contributed by atoms with Gasteiger partial charge < -0.3 is 5.41 Å². The molecule has 0 bridgehead atoms. The van der Waals surface area contributed by atoms with Crippen molar-refractivity contribution in [2.24, 2.45) is 15.4 Å². The fraction of sp³-hybridized carbons (Fsp3) is 0.0714. The van der Waals surface area contributed by atoms with E-state index < -0.39 is 0 Å². The number of carbonyl (C=O) groups excluding carboxylic acids is 1. The number of fused-ring (bicyclic) bond motifs is 1. The highest BCUT2D eigenvalue weighted by molar-refractivity contribution is 6.11. The third-order valence-electron chi connectivity index (χ3n) is 3.09. The fourth-order valence-electron chi connectivity index (χ4n) is 1.99. The van der Waals surface area contributed by atoms with Crippen LogP contribution in [0, 0.1) is 0 Å². The Kier molecular flexibility index (Phi) is 3.10. The van der Waals surface area contributed by atoms with Gasteiger partial charge in [-0.3, -0.25) is 9.36 Å². The van der Waals surface area contributed by atoms with Gasteiger partial charge >= 0.3 is 0 Å². The number of hydrogen-bond donors (Lipinski definition) is 0. The lowest BCUT2D eigenvalue weighted by atomic mass is 10.1. The van der Waals surface area contributed by atoms with E-state index in [4.69, 9.17) is 5.41 Å². The van der Waals surface area contributed by atoms with Crippen LogP contribution in [-0.4, -0.2) is 21.2 Å². The van der Waals surface area contributed by atoms with E-state index in [1.807, 2.05) is 11.9 Å². The molecule has 0 spiro atoms. The zero-order valence-electron chi connectivity index (χ0n) is 11.1. The predicted octanol–water partition coefficient (Wildman–Crippen LogP) is 0.866. The summed E-state index contributed by atoms with van der Waals surface area (Å²) in [6.07, 6.45) is 1.43. The van der Waals surface area contributed by atoms with Gasteiger partial charge in [0, 0.05) is 5.56 Å². The van der Waals surface area contributed by atoms with E-state index in [0.717, 1.165) is 0 Å². The molecule has 7 nitrogen and oxygen atoms in total. The van der Waals surface area contributed by atoms with Crippen LogP contribution < -0.4 is 10.8 Å². The summed E-state index contributed by atoms with van der Waals surface area (Å²) in [7, 11) is 0. The number of ketones is 1. The van der Waals surface area contributed by atoms with Crippen molar-refractivity contribution in [3.05, 3.63) is 64.2 Å². The van der Waals surface area contributed by atoms with E-state index in [1.165, 1.54) is 10.9 Å². The van der Waals surface area contributed by atoms with Crippen LogP contribution in [0.5, 0.6) is 0 Å². The van der Waals surface area contributed by atoms with E-state index in [1.54, 1.807) is 31.2 Å². The topological polar surface area (TPSA) is 94.3 Å². The van der Waals surface area contributed by atoms with E-state index >= 15 is 0 Å². The smallest absolute Gasteiger partial charge is 0.215 e. The molecule has 1 aromatic carbocycles. The van der Waals surface area contributed by atoms with Crippen LogP contribution in [0.2, 0.25) is 0 Å². The Morgan fingerprint density at radius 2 is 2.05 bits per heavy atom. The second-order valence-electron chi connectivity index (χ2n) is 4.32. The fourth-order valence-corrected chi connectivity index (χ4v) is 1.99. The SMILES string of the molecule is CC1=C(C(=O)c2ccccc2)N=NN=c2c(=C=[N-])ncn21. The van der Waals surface area contributed by atoms with Gasteiger partial charge in [0.25, 0.3) is 0 Å². The lowest BCUT2D eigenvalue weighted by Crippen LogP contribution is -2.30. The number of allylic oxidation sites excluding steroid dienone is 2. The summed E-state index contributed by atoms with van der Waals surface area (Å²) in [5.41, 5.74) is 1.48. The van der Waals surface area contributed by atoms with Gasteiger partial charge in [-0.25, -0.2) is 10.9 Å². The molecular formula is C14H9N6O-. The third-order valence-corrected chi connectivity index (χ3v) is 3.09. The minimum Gasteiger partial charge on any atom is -0.761 e. The zero-order valence-corrected chi connectivity index (χ0v) is 11.1. The lowest BCUT2D eigenvalue weighted by molar-refractivity contribution is 0.103. The second kappa shape index (κ2) is 5.07. The Hall–Kier alpha value is -3.18. The maximum Gasteiger partial charge on any atom is 0.215 e. The number of aromatic nitrogens is 2. The molecule has 102 valence electrons. The summed E-state index contributed by atoms with van der Waals surface area (Å²) < 4.78 is 1.54. The molecule has 0 unspecified atom stereocenters. The Morgan fingerprint density at radius 3 is 2.76 bits per heavy atom. The first-order valence-electron chi connectivity index (χ1n) is 6.12. The van der Waals surface area contributed by atoms with E-state index in [9.17, 15) is 4.79 Å². The summed E-state index contributed by atoms with van der Waals surface area (Å²) in [5.74, 6) is 1.67. The maximum absolute atomic E-state index is 12.5. The summed E-state index contributed by atoms with van der Waals surface area (Å²) >= 11 is 0.